The Morgan fingerprint density at radius 1 is 0.941 bits per heavy atom. The molecule has 6 nitrogen and oxygen atoms in total. The SMILES string of the molecule is CCN(C)C(=O)CO[C@H]1Cc2ccccc2C12CCN(CC[C@@]1(c3ccc(F)cc3)CN(Cc3cc(C(F)(F)F)cc(C(F)(F)F)c3)CO1)CC2. The number of nitrogens with zero attached hydrogens (tertiary/aromatic N) is 3. The maximum atomic E-state index is 14.0. The molecule has 3 aromatic carbocycles. The number of ether oxygens (including phenoxy) is 2. The molecule has 0 bridgehead atoms. The van der Waals surface area contributed by atoms with Gasteiger partial charge in [0.15, 0.2) is 0 Å². The van der Waals surface area contributed by atoms with Gasteiger partial charge in [-0.05, 0) is 98.3 Å². The first-order valence-corrected chi connectivity index (χ1v) is 17.2. The summed E-state index contributed by atoms with van der Waals surface area (Å²) in [5, 5.41) is 0. The van der Waals surface area contributed by atoms with Crippen LogP contribution in [-0.4, -0.2) is 79.8 Å². The van der Waals surface area contributed by atoms with Crippen LogP contribution in [0.4, 0.5) is 30.7 Å². The number of rotatable bonds is 10. The molecule has 1 aliphatic carbocycles. The molecule has 3 aromatic rings. The number of likely N-dealkylation sites (tertiary alicyclic amines) is 1. The summed E-state index contributed by atoms with van der Waals surface area (Å²) >= 11 is 0. The van der Waals surface area contributed by atoms with Gasteiger partial charge in [0.1, 0.15) is 24.8 Å². The molecule has 0 aromatic heterocycles. The number of likely N-dealkylation sites (N-methyl/N-ethyl adjacent to an activating group) is 1. The highest BCUT2D eigenvalue weighted by Crippen LogP contribution is 2.48. The molecule has 0 radical (unpaired) electrons. The largest absolute Gasteiger partial charge is 0.416 e. The van der Waals surface area contributed by atoms with Crippen molar-refractivity contribution in [2.24, 2.45) is 0 Å². The van der Waals surface area contributed by atoms with E-state index < -0.39 is 34.9 Å². The summed E-state index contributed by atoms with van der Waals surface area (Å²) in [5.41, 5.74) is -0.900. The number of piperidine rings is 1. The summed E-state index contributed by atoms with van der Waals surface area (Å²) in [5.74, 6) is -0.503. The lowest BCUT2D eigenvalue weighted by Gasteiger charge is -2.44. The molecule has 276 valence electrons. The van der Waals surface area contributed by atoms with Crippen LogP contribution in [0.2, 0.25) is 0 Å². The van der Waals surface area contributed by atoms with E-state index in [1.54, 1.807) is 29.0 Å². The number of carbonyl (C=O) groups is 1. The molecule has 2 fully saturated rings. The average Bonchev–Trinajstić information content (AvgIpc) is 3.65. The molecular formula is C38H42F7N3O3. The topological polar surface area (TPSA) is 45.2 Å². The lowest BCUT2D eigenvalue weighted by atomic mass is 9.72. The second-order valence-electron chi connectivity index (χ2n) is 14.0. The Morgan fingerprint density at radius 3 is 2.22 bits per heavy atom. The highest BCUT2D eigenvalue weighted by Gasteiger charge is 2.50. The Balaban J connectivity index is 1.16. The van der Waals surface area contributed by atoms with Crippen molar-refractivity contribution < 1.29 is 45.0 Å². The standard InChI is InChI=1S/C38H42F7N3O3/c1-3-46(2)34(49)23-50-33-20-27-6-4-5-7-32(27)35(33)12-15-47(16-13-35)17-14-36(28-8-10-31(39)11-9-28)24-48(25-51-36)22-26-18-29(37(40,41)42)21-30(19-26)38(43,44)45/h4-11,18-19,21,33H,3,12-17,20,22-25H2,1-2H3/t33-,36-/m0/s1. The van der Waals surface area contributed by atoms with Crippen LogP contribution in [0.3, 0.4) is 0 Å². The lowest BCUT2D eigenvalue weighted by Crippen LogP contribution is -2.49. The minimum absolute atomic E-state index is 0.0144. The van der Waals surface area contributed by atoms with Crippen LogP contribution < -0.4 is 0 Å². The summed E-state index contributed by atoms with van der Waals surface area (Å²) in [7, 11) is 1.75. The predicted molar refractivity (Wildman–Crippen MR) is 176 cm³/mol. The molecule has 51 heavy (non-hydrogen) atoms. The molecule has 0 saturated carbocycles. The zero-order valence-electron chi connectivity index (χ0n) is 28.6. The first-order valence-electron chi connectivity index (χ1n) is 17.2. The number of carbonyl (C=O) groups excluding carboxylic acids is 1. The monoisotopic (exact) mass is 721 g/mol. The molecule has 1 amide bonds. The Kier molecular flexibility index (Phi) is 10.6. The van der Waals surface area contributed by atoms with Gasteiger partial charge in [0.25, 0.3) is 0 Å². The molecule has 1 spiro atoms. The van der Waals surface area contributed by atoms with Crippen LogP contribution in [-0.2, 0) is 50.6 Å². The normalized spacial score (nSPS) is 22.4. The van der Waals surface area contributed by atoms with Crippen LogP contribution in [0.5, 0.6) is 0 Å². The summed E-state index contributed by atoms with van der Waals surface area (Å²) in [6.45, 7) is 4.57. The van der Waals surface area contributed by atoms with Crippen molar-refractivity contribution in [2.75, 3.05) is 53.1 Å². The Labute approximate surface area is 293 Å². The van der Waals surface area contributed by atoms with E-state index in [1.165, 1.54) is 23.3 Å². The highest BCUT2D eigenvalue weighted by molar-refractivity contribution is 5.77. The molecule has 0 unspecified atom stereocenters. The van der Waals surface area contributed by atoms with E-state index in [-0.39, 0.29) is 55.5 Å². The molecule has 6 rings (SSSR count). The fraction of sp³-hybridized carbons (Fsp3) is 0.500. The van der Waals surface area contributed by atoms with Crippen LogP contribution in [0.1, 0.15) is 59.6 Å². The second-order valence-corrected chi connectivity index (χ2v) is 14.0. The summed E-state index contributed by atoms with van der Waals surface area (Å²) in [6, 6.07) is 15.8. The van der Waals surface area contributed by atoms with Crippen molar-refractivity contribution in [1.29, 1.82) is 0 Å². The Bertz CT molecular complexity index is 1660. The number of halogens is 7. The number of amides is 1. The summed E-state index contributed by atoms with van der Waals surface area (Å²) in [6.07, 6.45) is -7.23. The molecule has 2 aliphatic heterocycles. The lowest BCUT2D eigenvalue weighted by molar-refractivity contribution is -0.143. The van der Waals surface area contributed by atoms with Crippen molar-refractivity contribution in [3.05, 3.63) is 106 Å². The number of benzene rings is 3. The van der Waals surface area contributed by atoms with Crippen molar-refractivity contribution in [2.45, 2.75) is 68.6 Å². The van der Waals surface area contributed by atoms with E-state index in [9.17, 15) is 35.5 Å². The molecule has 0 N–H and O–H groups in total. The maximum absolute atomic E-state index is 14.0. The highest BCUT2D eigenvalue weighted by atomic mass is 19.4. The number of alkyl halides is 6. The van der Waals surface area contributed by atoms with Gasteiger partial charge < -0.3 is 19.3 Å². The predicted octanol–water partition coefficient (Wildman–Crippen LogP) is 7.39. The van der Waals surface area contributed by atoms with Crippen molar-refractivity contribution >= 4 is 5.91 Å². The van der Waals surface area contributed by atoms with Gasteiger partial charge >= 0.3 is 12.4 Å². The summed E-state index contributed by atoms with van der Waals surface area (Å²) < 4.78 is 108. The van der Waals surface area contributed by atoms with Crippen LogP contribution >= 0.6 is 0 Å². The van der Waals surface area contributed by atoms with Crippen LogP contribution in [0.15, 0.2) is 66.7 Å². The molecule has 2 heterocycles. The number of fused-ring (bicyclic) bond motifs is 2. The van der Waals surface area contributed by atoms with E-state index >= 15 is 0 Å². The fourth-order valence-electron chi connectivity index (χ4n) is 7.90. The van der Waals surface area contributed by atoms with Gasteiger partial charge in [0.05, 0.1) is 17.2 Å². The first-order chi connectivity index (χ1) is 24.1. The third kappa shape index (κ3) is 7.96. The third-order valence-electron chi connectivity index (χ3n) is 10.9. The van der Waals surface area contributed by atoms with Crippen molar-refractivity contribution in [3.8, 4) is 0 Å². The minimum atomic E-state index is -4.95. The van der Waals surface area contributed by atoms with Gasteiger partial charge in [-0.1, -0.05) is 36.4 Å². The van der Waals surface area contributed by atoms with Gasteiger partial charge in [-0.25, -0.2) is 4.39 Å². The van der Waals surface area contributed by atoms with E-state index in [0.29, 0.717) is 25.1 Å². The third-order valence-corrected chi connectivity index (χ3v) is 10.9. The second kappa shape index (κ2) is 14.5. The fourth-order valence-corrected chi connectivity index (χ4v) is 7.90. The van der Waals surface area contributed by atoms with Gasteiger partial charge in [-0.15, -0.1) is 0 Å². The van der Waals surface area contributed by atoms with Crippen molar-refractivity contribution in [1.82, 2.24) is 14.7 Å². The van der Waals surface area contributed by atoms with E-state index in [0.717, 1.165) is 44.5 Å². The van der Waals surface area contributed by atoms with Gasteiger partial charge in [-0.3, -0.25) is 9.69 Å². The number of hydrogen-bond donors (Lipinski definition) is 0. The quantitative estimate of drug-likeness (QED) is 0.205. The molecule has 13 heteroatoms. The van der Waals surface area contributed by atoms with Crippen molar-refractivity contribution in [3.63, 3.8) is 0 Å². The van der Waals surface area contributed by atoms with Crippen LogP contribution in [0, 0.1) is 5.82 Å². The zero-order valence-corrected chi connectivity index (χ0v) is 28.6. The van der Waals surface area contributed by atoms with E-state index in [1.807, 2.05) is 19.1 Å². The maximum Gasteiger partial charge on any atom is 0.416 e. The molecule has 2 saturated heterocycles. The zero-order chi connectivity index (χ0) is 36.6. The molecule has 2 atom stereocenters. The molecule has 3 aliphatic rings. The molecular weight excluding hydrogens is 679 g/mol. The smallest absolute Gasteiger partial charge is 0.367 e. The van der Waals surface area contributed by atoms with E-state index in [2.05, 4.69) is 17.0 Å². The minimum Gasteiger partial charge on any atom is -0.367 e. The van der Waals surface area contributed by atoms with Gasteiger partial charge in [0.2, 0.25) is 5.91 Å². The Hall–Kier alpha value is -3.52. The van der Waals surface area contributed by atoms with E-state index in [4.69, 9.17) is 9.47 Å². The average molecular weight is 722 g/mol. The van der Waals surface area contributed by atoms with Gasteiger partial charge in [0, 0.05) is 38.6 Å². The van der Waals surface area contributed by atoms with Gasteiger partial charge in [-0.2, -0.15) is 26.3 Å². The Morgan fingerprint density at radius 2 is 1.59 bits per heavy atom. The number of hydrogen-bond acceptors (Lipinski definition) is 5. The first kappa shape index (κ1) is 37.2. The summed E-state index contributed by atoms with van der Waals surface area (Å²) in [4.78, 5) is 18.2. The van der Waals surface area contributed by atoms with Crippen LogP contribution in [0.25, 0.3) is 0 Å².